The Morgan fingerprint density at radius 1 is 1.50 bits per heavy atom. The van der Waals surface area contributed by atoms with Gasteiger partial charge in [-0.2, -0.15) is 0 Å². The van der Waals surface area contributed by atoms with E-state index in [1.165, 1.54) is 6.07 Å². The highest BCUT2D eigenvalue weighted by molar-refractivity contribution is 6.31. The summed E-state index contributed by atoms with van der Waals surface area (Å²) in [6.45, 7) is 1.79. The Labute approximate surface area is 110 Å². The van der Waals surface area contributed by atoms with Crippen molar-refractivity contribution in [2.45, 2.75) is 19.4 Å². The second-order valence-corrected chi connectivity index (χ2v) is 4.23. The summed E-state index contributed by atoms with van der Waals surface area (Å²) in [7, 11) is 0. The summed E-state index contributed by atoms with van der Waals surface area (Å²) in [6.07, 6.45) is 4.98. The van der Waals surface area contributed by atoms with Crippen molar-refractivity contribution in [3.63, 3.8) is 0 Å². The zero-order valence-electron chi connectivity index (χ0n) is 9.74. The number of hydrogen-bond donors (Lipinski definition) is 2. The predicted octanol–water partition coefficient (Wildman–Crippen LogP) is 1.85. The predicted molar refractivity (Wildman–Crippen MR) is 68.5 cm³/mol. The number of carbonyl (C=O) groups is 2. The molecule has 0 fully saturated rings. The molecule has 1 atom stereocenters. The number of nitrogens with one attached hydrogen (secondary N) is 1. The van der Waals surface area contributed by atoms with Crippen molar-refractivity contribution in [1.82, 2.24) is 5.32 Å². The summed E-state index contributed by atoms with van der Waals surface area (Å²) in [5, 5.41) is 11.6. The summed E-state index contributed by atoms with van der Waals surface area (Å²) in [6, 6.07) is 3.70. The summed E-state index contributed by atoms with van der Waals surface area (Å²) in [5.41, 5.74) is 1.12. The van der Waals surface area contributed by atoms with Gasteiger partial charge >= 0.3 is 5.97 Å². The molecule has 0 aliphatic carbocycles. The van der Waals surface area contributed by atoms with Crippen molar-refractivity contribution in [2.75, 3.05) is 0 Å². The number of carboxylic acid groups (broad SMARTS) is 1. The lowest BCUT2D eigenvalue weighted by Gasteiger charge is -2.12. The van der Waals surface area contributed by atoms with Crippen molar-refractivity contribution < 1.29 is 14.7 Å². The maximum atomic E-state index is 11.8. The third-order valence-electron chi connectivity index (χ3n) is 2.23. The number of halogens is 1. The molecule has 4 nitrogen and oxygen atoms in total. The van der Waals surface area contributed by atoms with Crippen LogP contribution < -0.4 is 5.32 Å². The van der Waals surface area contributed by atoms with Gasteiger partial charge in [-0.1, -0.05) is 11.6 Å². The molecule has 94 valence electrons. The maximum Gasteiger partial charge on any atom is 0.327 e. The number of carbonyl (C=O) groups excluding carboxylic acids is 1. The first kappa shape index (κ1) is 14.1. The minimum absolute atomic E-state index is 0.0688. The van der Waals surface area contributed by atoms with E-state index in [1.54, 1.807) is 19.1 Å². The molecule has 0 radical (unpaired) electrons. The monoisotopic (exact) mass is 265 g/mol. The zero-order chi connectivity index (χ0) is 13.7. The van der Waals surface area contributed by atoms with E-state index in [0.717, 1.165) is 5.56 Å². The van der Waals surface area contributed by atoms with Crippen LogP contribution in [0.4, 0.5) is 0 Å². The van der Waals surface area contributed by atoms with E-state index in [4.69, 9.17) is 23.1 Å². The average molecular weight is 266 g/mol. The molecule has 1 amide bonds. The molecular formula is C13H12ClNO3. The van der Waals surface area contributed by atoms with Gasteiger partial charge in [0.25, 0.3) is 5.91 Å². The SMILES string of the molecule is C#CCC(NC(=O)c1cc(C)cc(Cl)c1)C(=O)O. The average Bonchev–Trinajstić information content (AvgIpc) is 2.26. The number of hydrogen-bond acceptors (Lipinski definition) is 2. The van der Waals surface area contributed by atoms with Crippen molar-refractivity contribution in [2.24, 2.45) is 0 Å². The first-order valence-corrected chi connectivity index (χ1v) is 5.56. The summed E-state index contributed by atoms with van der Waals surface area (Å²) in [4.78, 5) is 22.7. The largest absolute Gasteiger partial charge is 0.480 e. The van der Waals surface area contributed by atoms with E-state index in [0.29, 0.717) is 10.6 Å². The van der Waals surface area contributed by atoms with Crippen LogP contribution in [0, 0.1) is 19.3 Å². The van der Waals surface area contributed by atoms with Crippen molar-refractivity contribution in [3.05, 3.63) is 34.3 Å². The van der Waals surface area contributed by atoms with Gasteiger partial charge in [0, 0.05) is 17.0 Å². The van der Waals surface area contributed by atoms with E-state index in [-0.39, 0.29) is 6.42 Å². The molecule has 5 heteroatoms. The van der Waals surface area contributed by atoms with Crippen LogP contribution in [0.25, 0.3) is 0 Å². The number of rotatable bonds is 4. The van der Waals surface area contributed by atoms with E-state index in [9.17, 15) is 9.59 Å². The van der Waals surface area contributed by atoms with Crippen molar-refractivity contribution in [3.8, 4) is 12.3 Å². The minimum Gasteiger partial charge on any atom is -0.480 e. The topological polar surface area (TPSA) is 66.4 Å². The Kier molecular flexibility index (Phi) is 4.75. The smallest absolute Gasteiger partial charge is 0.327 e. The van der Waals surface area contributed by atoms with Gasteiger partial charge in [0.2, 0.25) is 0 Å². The lowest BCUT2D eigenvalue weighted by molar-refractivity contribution is -0.139. The van der Waals surface area contributed by atoms with Gasteiger partial charge in [0.15, 0.2) is 0 Å². The maximum absolute atomic E-state index is 11.8. The number of aryl methyl sites for hydroxylation is 1. The summed E-state index contributed by atoms with van der Waals surface area (Å²) in [5.74, 6) is 0.530. The molecule has 0 saturated carbocycles. The van der Waals surface area contributed by atoms with Gasteiger partial charge in [-0.25, -0.2) is 4.79 Å². The van der Waals surface area contributed by atoms with E-state index in [1.807, 2.05) is 0 Å². The van der Waals surface area contributed by atoms with Crippen LogP contribution in [0.2, 0.25) is 5.02 Å². The van der Waals surface area contributed by atoms with E-state index in [2.05, 4.69) is 11.2 Å². The standard InChI is InChI=1S/C13H12ClNO3/c1-3-4-11(13(17)18)15-12(16)9-5-8(2)6-10(14)7-9/h1,5-7,11H,4H2,2H3,(H,15,16)(H,17,18). The molecule has 2 N–H and O–H groups in total. The minimum atomic E-state index is -1.17. The Morgan fingerprint density at radius 2 is 2.17 bits per heavy atom. The van der Waals surface area contributed by atoms with Crippen molar-refractivity contribution in [1.29, 1.82) is 0 Å². The molecule has 1 rings (SSSR count). The first-order valence-electron chi connectivity index (χ1n) is 5.18. The number of aliphatic carboxylic acids is 1. The van der Waals surface area contributed by atoms with Crippen LogP contribution in [0.3, 0.4) is 0 Å². The van der Waals surface area contributed by atoms with Gasteiger partial charge < -0.3 is 10.4 Å². The Hall–Kier alpha value is -1.99. The Morgan fingerprint density at radius 3 is 2.67 bits per heavy atom. The molecule has 18 heavy (non-hydrogen) atoms. The lowest BCUT2D eigenvalue weighted by atomic mass is 10.1. The van der Waals surface area contributed by atoms with Gasteiger partial charge in [0.05, 0.1) is 0 Å². The third kappa shape index (κ3) is 3.79. The molecule has 0 heterocycles. The zero-order valence-corrected chi connectivity index (χ0v) is 10.5. The van der Waals surface area contributed by atoms with Crippen LogP contribution in [0.1, 0.15) is 22.3 Å². The first-order chi connectivity index (χ1) is 8.43. The number of amides is 1. The Bertz CT molecular complexity index is 499. The van der Waals surface area contributed by atoms with Gasteiger partial charge in [-0.05, 0) is 30.7 Å². The van der Waals surface area contributed by atoms with Crippen LogP contribution in [-0.4, -0.2) is 23.0 Å². The molecule has 0 aliphatic heterocycles. The lowest BCUT2D eigenvalue weighted by Crippen LogP contribution is -2.40. The molecule has 0 spiro atoms. The normalized spacial score (nSPS) is 11.4. The highest BCUT2D eigenvalue weighted by atomic mass is 35.5. The fourth-order valence-corrected chi connectivity index (χ4v) is 1.72. The molecule has 0 saturated heterocycles. The molecule has 1 aromatic rings. The number of benzene rings is 1. The third-order valence-corrected chi connectivity index (χ3v) is 2.45. The number of terminal acetylenes is 1. The van der Waals surface area contributed by atoms with Crippen LogP contribution >= 0.6 is 11.6 Å². The van der Waals surface area contributed by atoms with E-state index < -0.39 is 17.9 Å². The Balaban J connectivity index is 2.87. The molecule has 0 aliphatic rings. The number of carboxylic acids is 1. The fraction of sp³-hybridized carbons (Fsp3) is 0.231. The van der Waals surface area contributed by atoms with Crippen LogP contribution in [-0.2, 0) is 4.79 Å². The van der Waals surface area contributed by atoms with E-state index >= 15 is 0 Å². The van der Waals surface area contributed by atoms with Crippen molar-refractivity contribution >= 4 is 23.5 Å². The molecular weight excluding hydrogens is 254 g/mol. The summed E-state index contributed by atoms with van der Waals surface area (Å²) >= 11 is 5.83. The highest BCUT2D eigenvalue weighted by Crippen LogP contribution is 2.14. The molecule has 1 unspecified atom stereocenters. The van der Waals surface area contributed by atoms with Gasteiger partial charge in [-0.15, -0.1) is 12.3 Å². The molecule has 0 aromatic heterocycles. The van der Waals surface area contributed by atoms with Crippen LogP contribution in [0.5, 0.6) is 0 Å². The highest BCUT2D eigenvalue weighted by Gasteiger charge is 2.19. The second-order valence-electron chi connectivity index (χ2n) is 3.79. The van der Waals surface area contributed by atoms with Crippen LogP contribution in [0.15, 0.2) is 18.2 Å². The summed E-state index contributed by atoms with van der Waals surface area (Å²) < 4.78 is 0. The molecule has 0 bridgehead atoms. The fourth-order valence-electron chi connectivity index (χ4n) is 1.43. The van der Waals surface area contributed by atoms with Gasteiger partial charge in [0.1, 0.15) is 6.04 Å². The second kappa shape index (κ2) is 6.08. The quantitative estimate of drug-likeness (QED) is 0.817. The molecule has 1 aromatic carbocycles. The van der Waals surface area contributed by atoms with Gasteiger partial charge in [-0.3, -0.25) is 4.79 Å².